The lowest BCUT2D eigenvalue weighted by atomic mass is 9.84. The van der Waals surface area contributed by atoms with Crippen molar-refractivity contribution in [3.05, 3.63) is 29.6 Å². The maximum atomic E-state index is 4.68. The summed E-state index contributed by atoms with van der Waals surface area (Å²) >= 11 is 0. The first kappa shape index (κ1) is 13.1. The van der Waals surface area contributed by atoms with Crippen LogP contribution in [0.5, 0.6) is 0 Å². The van der Waals surface area contributed by atoms with Crippen molar-refractivity contribution in [1.82, 2.24) is 10.3 Å². The van der Waals surface area contributed by atoms with Crippen LogP contribution in [0, 0.1) is 11.8 Å². The van der Waals surface area contributed by atoms with Crippen LogP contribution in [0.15, 0.2) is 18.3 Å². The molecule has 0 radical (unpaired) electrons. The Bertz CT molecular complexity index is 429. The summed E-state index contributed by atoms with van der Waals surface area (Å²) < 4.78 is 0. The first-order chi connectivity index (χ1) is 9.33. The van der Waals surface area contributed by atoms with Crippen molar-refractivity contribution >= 4 is 0 Å². The molecule has 4 atom stereocenters. The molecule has 4 unspecified atom stereocenters. The highest BCUT2D eigenvalue weighted by atomic mass is 14.9. The number of hydrogen-bond acceptors (Lipinski definition) is 2. The second-order valence-electron chi connectivity index (χ2n) is 6.35. The number of nitrogens with one attached hydrogen (secondary N) is 1. The van der Waals surface area contributed by atoms with E-state index >= 15 is 0 Å². The van der Waals surface area contributed by atoms with Crippen LogP contribution in [0.1, 0.15) is 56.2 Å². The molecule has 0 aromatic carbocycles. The van der Waals surface area contributed by atoms with E-state index in [1.807, 2.05) is 6.20 Å². The highest BCUT2D eigenvalue weighted by Crippen LogP contribution is 2.42. The average molecular weight is 258 g/mol. The van der Waals surface area contributed by atoms with Gasteiger partial charge < -0.3 is 5.32 Å². The number of aromatic nitrogens is 1. The Balaban J connectivity index is 1.77. The molecular weight excluding hydrogens is 232 g/mol. The lowest BCUT2D eigenvalue weighted by Crippen LogP contribution is -2.37. The van der Waals surface area contributed by atoms with Gasteiger partial charge in [-0.2, -0.15) is 0 Å². The Morgan fingerprint density at radius 3 is 3.00 bits per heavy atom. The number of fused-ring (bicyclic) bond motifs is 1. The lowest BCUT2D eigenvalue weighted by molar-refractivity contribution is 0.312. The van der Waals surface area contributed by atoms with Crippen LogP contribution in [0.4, 0.5) is 0 Å². The monoisotopic (exact) mass is 258 g/mol. The highest BCUT2D eigenvalue weighted by molar-refractivity contribution is 5.30. The van der Waals surface area contributed by atoms with Crippen molar-refractivity contribution in [2.24, 2.45) is 11.8 Å². The molecule has 0 aliphatic heterocycles. The molecule has 1 aromatic heterocycles. The van der Waals surface area contributed by atoms with Crippen LogP contribution in [-0.2, 0) is 6.42 Å². The molecule has 1 aromatic rings. The number of nitrogens with zero attached hydrogens (tertiary/aromatic N) is 1. The van der Waals surface area contributed by atoms with Crippen LogP contribution in [-0.4, -0.2) is 18.1 Å². The fourth-order valence-corrected chi connectivity index (χ4v) is 4.37. The minimum Gasteiger partial charge on any atom is -0.316 e. The van der Waals surface area contributed by atoms with Gasteiger partial charge in [0.2, 0.25) is 0 Å². The second kappa shape index (κ2) is 5.62. The molecule has 0 saturated heterocycles. The van der Waals surface area contributed by atoms with Gasteiger partial charge in [-0.1, -0.05) is 25.8 Å². The second-order valence-corrected chi connectivity index (χ2v) is 6.35. The Hall–Kier alpha value is -0.890. The zero-order chi connectivity index (χ0) is 13.2. The van der Waals surface area contributed by atoms with Gasteiger partial charge >= 0.3 is 0 Å². The summed E-state index contributed by atoms with van der Waals surface area (Å²) in [4.78, 5) is 4.68. The van der Waals surface area contributed by atoms with E-state index in [2.05, 4.69) is 36.4 Å². The summed E-state index contributed by atoms with van der Waals surface area (Å²) in [6.07, 6.45) is 10.1. The van der Waals surface area contributed by atoms with Gasteiger partial charge in [-0.3, -0.25) is 4.98 Å². The van der Waals surface area contributed by atoms with Crippen LogP contribution >= 0.6 is 0 Å². The third-order valence-corrected chi connectivity index (χ3v) is 5.44. The molecule has 0 amide bonds. The smallest absolute Gasteiger partial charge is 0.0482 e. The highest BCUT2D eigenvalue weighted by Gasteiger charge is 2.37. The van der Waals surface area contributed by atoms with Gasteiger partial charge in [0, 0.05) is 23.9 Å². The summed E-state index contributed by atoms with van der Waals surface area (Å²) in [5.74, 6) is 2.46. The van der Waals surface area contributed by atoms with Gasteiger partial charge in [-0.15, -0.1) is 0 Å². The summed E-state index contributed by atoms with van der Waals surface area (Å²) in [7, 11) is 2.14. The molecule has 2 aliphatic carbocycles. The maximum absolute atomic E-state index is 4.68. The first-order valence-corrected chi connectivity index (χ1v) is 7.94. The van der Waals surface area contributed by atoms with E-state index < -0.39 is 0 Å². The predicted octanol–water partition coefficient (Wildman–Crippen LogP) is 3.53. The quantitative estimate of drug-likeness (QED) is 0.893. The molecule has 1 saturated carbocycles. The van der Waals surface area contributed by atoms with E-state index in [0.29, 0.717) is 12.0 Å². The fraction of sp³-hybridized carbons (Fsp3) is 0.706. The van der Waals surface area contributed by atoms with Gasteiger partial charge in [-0.05, 0) is 56.2 Å². The Morgan fingerprint density at radius 2 is 2.26 bits per heavy atom. The molecule has 1 fully saturated rings. The molecular formula is C17H26N2. The molecule has 0 spiro atoms. The molecule has 0 bridgehead atoms. The third kappa shape index (κ3) is 2.43. The topological polar surface area (TPSA) is 24.9 Å². The molecule has 1 N–H and O–H groups in total. The number of aryl methyl sites for hydroxylation is 1. The van der Waals surface area contributed by atoms with E-state index in [4.69, 9.17) is 0 Å². The zero-order valence-electron chi connectivity index (χ0n) is 12.2. The number of likely N-dealkylation sites (N-methyl/N-ethyl adjacent to an activating group) is 1. The number of hydrogen-bond donors (Lipinski definition) is 1. The largest absolute Gasteiger partial charge is 0.316 e. The van der Waals surface area contributed by atoms with Gasteiger partial charge in [-0.25, -0.2) is 0 Å². The van der Waals surface area contributed by atoms with Crippen molar-refractivity contribution in [2.75, 3.05) is 7.05 Å². The molecule has 2 aliphatic rings. The molecule has 2 nitrogen and oxygen atoms in total. The molecule has 1 heterocycles. The lowest BCUT2D eigenvalue weighted by Gasteiger charge is -2.29. The van der Waals surface area contributed by atoms with E-state index in [1.54, 1.807) is 0 Å². The Morgan fingerprint density at radius 1 is 1.37 bits per heavy atom. The molecule has 19 heavy (non-hydrogen) atoms. The van der Waals surface area contributed by atoms with Crippen molar-refractivity contribution < 1.29 is 0 Å². The average Bonchev–Trinajstić information content (AvgIpc) is 3.07. The third-order valence-electron chi connectivity index (χ3n) is 5.44. The van der Waals surface area contributed by atoms with Gasteiger partial charge in [0.05, 0.1) is 0 Å². The molecule has 3 rings (SSSR count). The predicted molar refractivity (Wildman–Crippen MR) is 79.3 cm³/mol. The van der Waals surface area contributed by atoms with E-state index in [0.717, 1.165) is 11.8 Å². The minimum absolute atomic E-state index is 0.632. The van der Waals surface area contributed by atoms with Crippen molar-refractivity contribution in [1.29, 1.82) is 0 Å². The summed E-state index contributed by atoms with van der Waals surface area (Å²) in [5.41, 5.74) is 2.86. The normalized spacial score (nSPS) is 31.4. The van der Waals surface area contributed by atoms with Gasteiger partial charge in [0.1, 0.15) is 0 Å². The van der Waals surface area contributed by atoms with E-state index in [-0.39, 0.29) is 0 Å². The molecule has 104 valence electrons. The maximum Gasteiger partial charge on any atom is 0.0482 e. The Labute approximate surface area is 117 Å². The number of pyridine rings is 1. The Kier molecular flexibility index (Phi) is 3.88. The SMILES string of the molecule is CCC1CCC(C(NC)C2CCc3cccnc32)C1. The summed E-state index contributed by atoms with van der Waals surface area (Å²) in [6.45, 7) is 2.34. The fourth-order valence-electron chi connectivity index (χ4n) is 4.37. The van der Waals surface area contributed by atoms with Gasteiger partial charge in [0.25, 0.3) is 0 Å². The van der Waals surface area contributed by atoms with Crippen molar-refractivity contribution in [3.63, 3.8) is 0 Å². The van der Waals surface area contributed by atoms with Crippen LogP contribution in [0.25, 0.3) is 0 Å². The van der Waals surface area contributed by atoms with E-state index in [1.165, 1.54) is 49.8 Å². The standard InChI is InChI=1S/C17H26N2/c1-3-12-6-7-14(11-12)16(18-2)15-9-8-13-5-4-10-19-17(13)15/h4-5,10,12,14-16,18H,3,6-9,11H2,1-2H3. The summed E-state index contributed by atoms with van der Waals surface area (Å²) in [5, 5.41) is 3.63. The van der Waals surface area contributed by atoms with Crippen LogP contribution < -0.4 is 5.32 Å². The zero-order valence-corrected chi connectivity index (χ0v) is 12.2. The molecule has 2 heteroatoms. The number of rotatable bonds is 4. The first-order valence-electron chi connectivity index (χ1n) is 7.94. The van der Waals surface area contributed by atoms with Crippen LogP contribution in [0.2, 0.25) is 0 Å². The summed E-state index contributed by atoms with van der Waals surface area (Å²) in [6, 6.07) is 4.98. The van der Waals surface area contributed by atoms with Crippen LogP contribution in [0.3, 0.4) is 0 Å². The van der Waals surface area contributed by atoms with Crippen molar-refractivity contribution in [2.45, 2.75) is 57.4 Å². The van der Waals surface area contributed by atoms with E-state index in [9.17, 15) is 0 Å². The van der Waals surface area contributed by atoms with Gasteiger partial charge in [0.15, 0.2) is 0 Å². The minimum atomic E-state index is 0.632. The van der Waals surface area contributed by atoms with Crippen molar-refractivity contribution in [3.8, 4) is 0 Å².